The van der Waals surface area contributed by atoms with Crippen LogP contribution < -0.4 is 10.6 Å². The highest BCUT2D eigenvalue weighted by Gasteiger charge is 2.18. The third kappa shape index (κ3) is 3.81. The summed E-state index contributed by atoms with van der Waals surface area (Å²) in [5.41, 5.74) is 3.85. The van der Waals surface area contributed by atoms with Gasteiger partial charge in [0.2, 0.25) is 5.91 Å². The number of amides is 2. The maximum absolute atomic E-state index is 12.9. The number of carbonyl (C=O) groups excluding carboxylic acids is 2. The number of nitrogens with zero attached hydrogens (tertiary/aromatic N) is 2. The molecule has 2 N–H and O–H groups in total. The lowest BCUT2D eigenvalue weighted by Gasteiger charge is -2.09. The first-order chi connectivity index (χ1) is 14.3. The van der Waals surface area contributed by atoms with E-state index < -0.39 is 0 Å². The molecule has 0 saturated heterocycles. The fourth-order valence-corrected chi connectivity index (χ4v) is 4.50. The summed E-state index contributed by atoms with van der Waals surface area (Å²) >= 11 is 7.71. The number of benzene rings is 2. The predicted molar refractivity (Wildman–Crippen MR) is 122 cm³/mol. The van der Waals surface area contributed by atoms with E-state index in [9.17, 15) is 9.59 Å². The van der Waals surface area contributed by atoms with Crippen LogP contribution in [0.4, 0.5) is 11.4 Å². The number of thiophene rings is 1. The summed E-state index contributed by atoms with van der Waals surface area (Å²) in [7, 11) is 0. The number of aryl methyl sites for hydroxylation is 2. The van der Waals surface area contributed by atoms with Gasteiger partial charge in [-0.2, -0.15) is 5.10 Å². The average Bonchev–Trinajstić information content (AvgIpc) is 3.25. The van der Waals surface area contributed by atoms with E-state index in [1.807, 2.05) is 50.2 Å². The van der Waals surface area contributed by atoms with E-state index in [4.69, 9.17) is 11.6 Å². The molecule has 2 amide bonds. The first kappa shape index (κ1) is 20.1. The second-order valence-electron chi connectivity index (χ2n) is 6.94. The highest BCUT2D eigenvalue weighted by Crippen LogP contribution is 2.33. The zero-order chi connectivity index (χ0) is 21.4. The van der Waals surface area contributed by atoms with Gasteiger partial charge in [0.1, 0.15) is 4.83 Å². The van der Waals surface area contributed by atoms with Gasteiger partial charge in [-0.1, -0.05) is 23.7 Å². The molecule has 0 fully saturated rings. The Kier molecular flexibility index (Phi) is 5.32. The summed E-state index contributed by atoms with van der Waals surface area (Å²) in [5, 5.41) is 11.8. The Morgan fingerprint density at radius 3 is 2.53 bits per heavy atom. The van der Waals surface area contributed by atoms with Crippen molar-refractivity contribution in [3.8, 4) is 5.69 Å². The summed E-state index contributed by atoms with van der Waals surface area (Å²) in [4.78, 5) is 25.6. The molecule has 0 bridgehead atoms. The predicted octanol–water partition coefficient (Wildman–Crippen LogP) is 5.57. The molecule has 2 aromatic carbocycles. The molecular weight excluding hydrogens is 420 g/mol. The molecule has 0 unspecified atom stereocenters. The van der Waals surface area contributed by atoms with E-state index in [0.717, 1.165) is 32.8 Å². The number of rotatable bonds is 4. The smallest absolute Gasteiger partial charge is 0.265 e. The van der Waals surface area contributed by atoms with Crippen LogP contribution in [0.1, 0.15) is 27.9 Å². The van der Waals surface area contributed by atoms with Crippen molar-refractivity contribution in [1.82, 2.24) is 9.78 Å². The summed E-state index contributed by atoms with van der Waals surface area (Å²) in [6.45, 7) is 5.25. The van der Waals surface area contributed by atoms with Crippen molar-refractivity contribution >= 4 is 56.3 Å². The average molecular weight is 439 g/mol. The summed E-state index contributed by atoms with van der Waals surface area (Å²) in [6.07, 6.45) is 0. The monoisotopic (exact) mass is 438 g/mol. The van der Waals surface area contributed by atoms with Crippen molar-refractivity contribution in [3.63, 3.8) is 0 Å². The van der Waals surface area contributed by atoms with Crippen LogP contribution in [0, 0.1) is 13.8 Å². The van der Waals surface area contributed by atoms with Gasteiger partial charge in [-0.3, -0.25) is 9.59 Å². The van der Waals surface area contributed by atoms with E-state index >= 15 is 0 Å². The van der Waals surface area contributed by atoms with Gasteiger partial charge in [-0.25, -0.2) is 4.68 Å². The van der Waals surface area contributed by atoms with Crippen molar-refractivity contribution in [2.75, 3.05) is 10.6 Å². The van der Waals surface area contributed by atoms with Gasteiger partial charge < -0.3 is 10.6 Å². The second-order valence-corrected chi connectivity index (χ2v) is 8.38. The molecule has 4 aromatic rings. The molecule has 2 aromatic heterocycles. The van der Waals surface area contributed by atoms with Crippen LogP contribution in [0.2, 0.25) is 5.02 Å². The molecule has 0 aliphatic rings. The maximum atomic E-state index is 12.9. The van der Waals surface area contributed by atoms with Crippen molar-refractivity contribution in [2.24, 2.45) is 0 Å². The minimum atomic E-state index is -0.201. The van der Waals surface area contributed by atoms with Crippen LogP contribution in [0.5, 0.6) is 0 Å². The van der Waals surface area contributed by atoms with Crippen LogP contribution in [0.3, 0.4) is 0 Å². The molecule has 0 spiro atoms. The van der Waals surface area contributed by atoms with Crippen molar-refractivity contribution in [2.45, 2.75) is 20.8 Å². The number of anilines is 2. The van der Waals surface area contributed by atoms with E-state index in [1.165, 1.54) is 18.3 Å². The van der Waals surface area contributed by atoms with Crippen LogP contribution in [0.25, 0.3) is 15.9 Å². The number of carbonyl (C=O) groups is 2. The van der Waals surface area contributed by atoms with Crippen molar-refractivity contribution < 1.29 is 9.59 Å². The lowest BCUT2D eigenvalue weighted by molar-refractivity contribution is -0.114. The molecule has 0 radical (unpaired) electrons. The number of para-hydroxylation sites is 1. The molecular formula is C22H19ClN4O2S. The van der Waals surface area contributed by atoms with Gasteiger partial charge >= 0.3 is 0 Å². The molecule has 30 heavy (non-hydrogen) atoms. The Hall–Kier alpha value is -3.16. The zero-order valence-corrected chi connectivity index (χ0v) is 18.2. The SMILES string of the molecule is CC(=O)Nc1ccc(NC(=O)c2cc3c(C)nn(-c4ccccc4Cl)c3s2)cc1C. The highest BCUT2D eigenvalue weighted by atomic mass is 35.5. The number of aromatic nitrogens is 2. The van der Waals surface area contributed by atoms with Gasteiger partial charge in [0.25, 0.3) is 5.91 Å². The lowest BCUT2D eigenvalue weighted by atomic mass is 10.1. The number of halogens is 1. The Balaban J connectivity index is 1.63. The summed E-state index contributed by atoms with van der Waals surface area (Å²) < 4.78 is 1.78. The Bertz CT molecular complexity index is 1290. The molecule has 0 saturated carbocycles. The van der Waals surface area contributed by atoms with Gasteiger partial charge in [0.05, 0.1) is 21.3 Å². The summed E-state index contributed by atoms with van der Waals surface area (Å²) in [5.74, 6) is -0.337. The molecule has 152 valence electrons. The molecule has 8 heteroatoms. The minimum absolute atomic E-state index is 0.136. The van der Waals surface area contributed by atoms with Gasteiger partial charge in [0, 0.05) is 23.7 Å². The number of hydrogen-bond acceptors (Lipinski definition) is 4. The Labute approximate surface area is 182 Å². The first-order valence-corrected chi connectivity index (χ1v) is 10.5. The normalized spacial score (nSPS) is 10.9. The van der Waals surface area contributed by atoms with Gasteiger partial charge in [-0.15, -0.1) is 11.3 Å². The third-order valence-electron chi connectivity index (χ3n) is 4.64. The number of hydrogen-bond donors (Lipinski definition) is 2. The van der Waals surface area contributed by atoms with E-state index in [-0.39, 0.29) is 11.8 Å². The largest absolute Gasteiger partial charge is 0.326 e. The quantitative estimate of drug-likeness (QED) is 0.437. The van der Waals surface area contributed by atoms with Gasteiger partial charge in [0.15, 0.2) is 0 Å². The summed E-state index contributed by atoms with van der Waals surface area (Å²) in [6, 6.07) is 14.7. The number of nitrogens with one attached hydrogen (secondary N) is 2. The standard InChI is InChI=1S/C22H19ClN4O2S/c1-12-10-15(8-9-18(12)24-14(3)28)25-21(29)20-11-16-13(2)26-27(22(16)30-20)19-7-5-4-6-17(19)23/h4-11H,1-3H3,(H,24,28)(H,25,29). The molecule has 0 atom stereocenters. The number of fused-ring (bicyclic) bond motifs is 1. The maximum Gasteiger partial charge on any atom is 0.265 e. The van der Waals surface area contributed by atoms with E-state index in [1.54, 1.807) is 16.8 Å². The highest BCUT2D eigenvalue weighted by molar-refractivity contribution is 7.20. The fourth-order valence-electron chi connectivity index (χ4n) is 3.21. The molecule has 6 nitrogen and oxygen atoms in total. The van der Waals surface area contributed by atoms with Crippen LogP contribution >= 0.6 is 22.9 Å². The third-order valence-corrected chi connectivity index (χ3v) is 6.07. The lowest BCUT2D eigenvalue weighted by Crippen LogP contribution is -2.11. The Morgan fingerprint density at radius 1 is 1.07 bits per heavy atom. The van der Waals surface area contributed by atoms with Crippen molar-refractivity contribution in [3.05, 3.63) is 69.7 Å². The van der Waals surface area contributed by atoms with E-state index in [0.29, 0.717) is 15.6 Å². The topological polar surface area (TPSA) is 76.0 Å². The van der Waals surface area contributed by atoms with Gasteiger partial charge in [-0.05, 0) is 55.8 Å². The van der Waals surface area contributed by atoms with Crippen LogP contribution in [-0.4, -0.2) is 21.6 Å². The molecule has 0 aliphatic carbocycles. The van der Waals surface area contributed by atoms with E-state index in [2.05, 4.69) is 15.7 Å². The molecule has 4 rings (SSSR count). The minimum Gasteiger partial charge on any atom is -0.326 e. The molecule has 2 heterocycles. The zero-order valence-electron chi connectivity index (χ0n) is 16.6. The van der Waals surface area contributed by atoms with Crippen LogP contribution in [0.15, 0.2) is 48.5 Å². The first-order valence-electron chi connectivity index (χ1n) is 9.27. The Morgan fingerprint density at radius 2 is 1.83 bits per heavy atom. The van der Waals surface area contributed by atoms with Crippen molar-refractivity contribution in [1.29, 1.82) is 0 Å². The van der Waals surface area contributed by atoms with Crippen LogP contribution in [-0.2, 0) is 4.79 Å². The fraction of sp³-hybridized carbons (Fsp3) is 0.136. The second kappa shape index (κ2) is 7.93. The molecule has 0 aliphatic heterocycles.